The fourth-order valence-corrected chi connectivity index (χ4v) is 13.9. The largest absolute Gasteiger partial charge is 0.480 e. The Labute approximate surface area is 595 Å². The first kappa shape index (κ1) is 83.4. The number of hydrogen-bond donors (Lipinski definition) is 6. The van der Waals surface area contributed by atoms with Gasteiger partial charge in [0.05, 0.1) is 41.5 Å². The van der Waals surface area contributed by atoms with E-state index >= 15 is 0 Å². The molecule has 7 aliphatic rings. The Morgan fingerprint density at radius 3 is 1.08 bits per heavy atom. The highest BCUT2D eigenvalue weighted by Gasteiger charge is 2.68. The Morgan fingerprint density at radius 1 is 0.481 bits per heavy atom. The molecule has 584 valence electrons. The molecule has 0 aromatic carbocycles. The van der Waals surface area contributed by atoms with E-state index in [-0.39, 0.29) is 6.61 Å². The van der Waals surface area contributed by atoms with Crippen molar-refractivity contribution in [1.82, 2.24) is 28.7 Å². The maximum absolute atomic E-state index is 13.6. The van der Waals surface area contributed by atoms with Gasteiger partial charge in [-0.2, -0.15) is 0 Å². The number of rotatable bonds is 22. The predicted octanol–water partition coefficient (Wildman–Crippen LogP) is 3.80. The zero-order chi connectivity index (χ0) is 77.2. The summed E-state index contributed by atoms with van der Waals surface area (Å²) in [4.78, 5) is 126. The molecule has 5 aliphatic heterocycles. The van der Waals surface area contributed by atoms with Crippen molar-refractivity contribution in [2.75, 3.05) is 47.0 Å². The fourth-order valence-electron chi connectivity index (χ4n) is 12.1. The molecule has 7 fully saturated rings. The topological polar surface area (TPSA) is 485 Å². The van der Waals surface area contributed by atoms with Crippen LogP contribution < -0.4 is 33.7 Å². The van der Waals surface area contributed by atoms with Crippen molar-refractivity contribution >= 4 is 39.5 Å². The standard InChI is InChI=1S/C27H41N2O13P.C22H35N2O13P.C15H20N2O6/c1-24(2,3)21(31)35-15-38-43(34,39-16-36-22(32)25(4,5)6)37-14-17-19-26(7,42-27(41-19)11-8-9-12-27)20(40-17)29-13-10-18(30)28-23(29)33;1-20(2,3)17(27)32-11-35-38(31,36-12-33-18(28)21(4,5)6)34-10-13-15(26)22(7,30)16(37-13)24-9-8-14(25)23-19(24)29;1-14-11(22-15(23-14)5-2-3-6-15)9(8-18)21-12(14)17-7-4-10(19)16-13(17)20/h10,13,17,19-20H,8-9,11-12,14-16H2,1-7H3,(H,28,30,33);8-9,13,15-16,26,30H,10-12H2,1-7H3,(H,23,25,29);4,7,9,11-12,18H,2-3,5-6,8H2,1H3,(H,16,19,20)/t17-,19-,20-,26-;13-,15-,16-,22-;9-,11-,12-,14-/m111/s1. The number of hydrogen-bond acceptors (Lipinski definition) is 32. The molecule has 3 aromatic heterocycles. The van der Waals surface area contributed by atoms with Crippen LogP contribution in [0, 0.1) is 21.7 Å². The Hall–Kier alpha value is -6.26. The van der Waals surface area contributed by atoms with Gasteiger partial charge in [-0.15, -0.1) is 0 Å². The van der Waals surface area contributed by atoms with Crippen molar-refractivity contribution in [3.05, 3.63) is 99.3 Å². The van der Waals surface area contributed by atoms with Gasteiger partial charge in [-0.05, 0) is 130 Å². The maximum Gasteiger partial charge on any atom is 0.480 e. The summed E-state index contributed by atoms with van der Waals surface area (Å²) in [6.07, 6.45) is 1.30. The number of nitrogens with zero attached hydrogens (tertiary/aromatic N) is 3. The molecule has 6 N–H and O–H groups in total. The summed E-state index contributed by atoms with van der Waals surface area (Å²) in [5, 5.41) is 31.0. The van der Waals surface area contributed by atoms with E-state index < -0.39 is 219 Å². The number of carbonyl (C=O) groups excluding carboxylic acids is 4. The lowest BCUT2D eigenvalue weighted by atomic mass is 9.96. The lowest BCUT2D eigenvalue weighted by Gasteiger charge is -2.31. The van der Waals surface area contributed by atoms with E-state index in [0.717, 1.165) is 55.4 Å². The van der Waals surface area contributed by atoms with E-state index in [1.807, 2.05) is 11.9 Å². The Kier molecular flexibility index (Phi) is 25.6. The molecular formula is C64H96N6O32P2. The average Bonchev–Trinajstić information content (AvgIpc) is 1.56. The zero-order valence-electron chi connectivity index (χ0n) is 60.7. The number of aromatic amines is 3. The molecule has 10 rings (SSSR count). The second kappa shape index (κ2) is 31.9. The minimum atomic E-state index is -4.61. The number of fused-ring (bicyclic) bond motifs is 2. The minimum absolute atomic E-state index is 0.228. The van der Waals surface area contributed by atoms with Crippen LogP contribution >= 0.6 is 15.6 Å². The van der Waals surface area contributed by atoms with Crippen LogP contribution in [-0.4, -0.2) is 180 Å². The van der Waals surface area contributed by atoms with E-state index in [1.165, 1.54) is 40.6 Å². The van der Waals surface area contributed by atoms with E-state index in [4.69, 9.17) is 79.2 Å². The minimum Gasteiger partial charge on any atom is -0.437 e. The molecule has 104 heavy (non-hydrogen) atoms. The van der Waals surface area contributed by atoms with Crippen LogP contribution in [-0.2, 0) is 108 Å². The first-order valence-corrected chi connectivity index (χ1v) is 36.5. The van der Waals surface area contributed by atoms with Crippen molar-refractivity contribution in [3.63, 3.8) is 0 Å². The highest BCUT2D eigenvalue weighted by molar-refractivity contribution is 7.48. The summed E-state index contributed by atoms with van der Waals surface area (Å²) in [5.74, 6) is -4.15. The first-order valence-electron chi connectivity index (χ1n) is 33.6. The predicted molar refractivity (Wildman–Crippen MR) is 354 cm³/mol. The van der Waals surface area contributed by atoms with Crippen LogP contribution in [0.3, 0.4) is 0 Å². The smallest absolute Gasteiger partial charge is 0.437 e. The van der Waals surface area contributed by atoms with Gasteiger partial charge in [0.1, 0.15) is 53.4 Å². The molecule has 8 heterocycles. The number of nitrogens with one attached hydrogen (secondary N) is 3. The molecule has 0 radical (unpaired) electrons. The first-order chi connectivity index (χ1) is 48.1. The van der Waals surface area contributed by atoms with Crippen molar-refractivity contribution in [2.45, 2.75) is 239 Å². The second-order valence-electron chi connectivity index (χ2n) is 30.6. The molecule has 0 amide bonds. The van der Waals surface area contributed by atoms with E-state index in [0.29, 0.717) is 12.8 Å². The van der Waals surface area contributed by atoms with Crippen LogP contribution in [0.4, 0.5) is 0 Å². The van der Waals surface area contributed by atoms with E-state index in [9.17, 15) is 72.4 Å². The van der Waals surface area contributed by atoms with Crippen molar-refractivity contribution < 1.29 is 123 Å². The van der Waals surface area contributed by atoms with Crippen molar-refractivity contribution in [3.8, 4) is 0 Å². The molecule has 0 unspecified atom stereocenters. The Bertz CT molecular complexity index is 3960. The van der Waals surface area contributed by atoms with Crippen LogP contribution in [0.5, 0.6) is 0 Å². The number of carbonyl (C=O) groups is 4. The van der Waals surface area contributed by atoms with Gasteiger partial charge in [-0.3, -0.25) is 71.3 Å². The third kappa shape index (κ3) is 19.3. The second-order valence-corrected chi connectivity index (χ2v) is 33.9. The number of phosphoric ester groups is 2. The number of aromatic nitrogens is 6. The van der Waals surface area contributed by atoms with E-state index in [1.54, 1.807) is 90.0 Å². The monoisotopic (exact) mass is 1520 g/mol. The molecule has 2 spiro atoms. The van der Waals surface area contributed by atoms with Crippen LogP contribution in [0.15, 0.2) is 65.6 Å². The highest BCUT2D eigenvalue weighted by Crippen LogP contribution is 2.58. The summed E-state index contributed by atoms with van der Waals surface area (Å²) in [7, 11) is -9.14. The van der Waals surface area contributed by atoms with Gasteiger partial charge < -0.3 is 67.4 Å². The normalized spacial score (nSPS) is 28.5. The van der Waals surface area contributed by atoms with Crippen molar-refractivity contribution in [1.29, 1.82) is 0 Å². The molecule has 38 nitrogen and oxygen atoms in total. The summed E-state index contributed by atoms with van der Waals surface area (Å²) < 4.78 is 124. The van der Waals surface area contributed by atoms with Gasteiger partial charge in [0.2, 0.25) is 27.2 Å². The van der Waals surface area contributed by atoms with Gasteiger partial charge in [-0.25, -0.2) is 41.6 Å². The number of esters is 4. The van der Waals surface area contributed by atoms with Gasteiger partial charge in [0, 0.05) is 62.5 Å². The molecular weight excluding hydrogens is 1430 g/mol. The number of H-pyrrole nitrogens is 3. The number of aliphatic hydroxyl groups excluding tert-OH is 2. The van der Waals surface area contributed by atoms with Crippen LogP contribution in [0.25, 0.3) is 0 Å². The lowest BCUT2D eigenvalue weighted by molar-refractivity contribution is -0.233. The zero-order valence-corrected chi connectivity index (χ0v) is 62.5. The van der Waals surface area contributed by atoms with Gasteiger partial charge in [0.15, 0.2) is 30.3 Å². The van der Waals surface area contributed by atoms with Gasteiger partial charge in [0.25, 0.3) is 16.7 Å². The van der Waals surface area contributed by atoms with Crippen LogP contribution in [0.1, 0.15) is 174 Å². The molecule has 0 bridgehead atoms. The molecule has 2 aliphatic carbocycles. The number of aliphatic hydroxyl groups is 3. The third-order valence-electron chi connectivity index (χ3n) is 17.7. The molecule has 3 aromatic rings. The molecule has 12 atom stereocenters. The Balaban J connectivity index is 0.000000205. The summed E-state index contributed by atoms with van der Waals surface area (Å²) in [5.41, 5.74) is -11.6. The average molecular weight is 1520 g/mol. The third-order valence-corrected chi connectivity index (χ3v) is 20.3. The number of phosphoric acid groups is 2. The van der Waals surface area contributed by atoms with Crippen molar-refractivity contribution in [2.24, 2.45) is 21.7 Å². The summed E-state index contributed by atoms with van der Waals surface area (Å²) >= 11 is 0. The maximum atomic E-state index is 13.6. The van der Waals surface area contributed by atoms with Gasteiger partial charge >= 0.3 is 56.6 Å². The number of ether oxygens (including phenoxy) is 11. The molecule has 40 heteroatoms. The summed E-state index contributed by atoms with van der Waals surface area (Å²) in [6.45, 7) is 19.5. The fraction of sp³-hybridized carbons (Fsp3) is 0.750. The highest BCUT2D eigenvalue weighted by atomic mass is 31.2. The quantitative estimate of drug-likeness (QED) is 0.0360. The molecule has 5 saturated heterocycles. The van der Waals surface area contributed by atoms with E-state index in [2.05, 4.69) is 9.97 Å². The Morgan fingerprint density at radius 2 is 0.769 bits per heavy atom. The van der Waals surface area contributed by atoms with Gasteiger partial charge in [-0.1, -0.05) is 0 Å². The SMILES string of the molecule is CC(C)(C)C(=O)OCOP(=O)(OCOC(=O)C(C)(C)C)OC[C@H]1O[C@@H](n2ccc(=O)[nH]c2=O)[C@](C)(O)[C@@H]1O.CC(C)(C)C(=O)OCOP(=O)(OCOC(=O)C(C)(C)C)OC[C@H]1O[C@@H](n2ccc(=O)[nH]c2=O)[C@]2(C)OC3(CCCC3)O[C@H]12.C[C@@]12OC3(CCCC3)O[C@@H]1[C@@H](CO)O[C@H]2n1ccc(=O)[nH]c1=O. The summed E-state index contributed by atoms with van der Waals surface area (Å²) in [6, 6.07) is 3.46. The lowest BCUT2D eigenvalue weighted by Crippen LogP contribution is -2.46. The van der Waals surface area contributed by atoms with Crippen LogP contribution in [0.2, 0.25) is 0 Å². The molecule has 2 saturated carbocycles.